The zero-order valence-electron chi connectivity index (χ0n) is 11.5. The third-order valence-electron chi connectivity index (χ3n) is 3.66. The van der Waals surface area contributed by atoms with Gasteiger partial charge in [0.15, 0.2) is 0 Å². The molecule has 0 amide bonds. The highest BCUT2D eigenvalue weighted by Gasteiger charge is 2.09. The maximum Gasteiger partial charge on any atom is 0.0642 e. The van der Waals surface area contributed by atoms with E-state index in [-0.39, 0.29) is 0 Å². The summed E-state index contributed by atoms with van der Waals surface area (Å²) in [5, 5.41) is 2.43. The molecular weight excluding hydrogens is 303 g/mol. The first-order valence-corrected chi connectivity index (χ1v) is 7.66. The molecule has 3 aromatic rings. The number of hydrogen-bond acceptors (Lipinski definition) is 1. The molecule has 0 radical (unpaired) electrons. The van der Waals surface area contributed by atoms with Gasteiger partial charge in [0.25, 0.3) is 0 Å². The molecule has 0 bridgehead atoms. The average Bonchev–Trinajstić information content (AvgIpc) is 2.89. The molecule has 2 N–H and O–H groups in total. The van der Waals surface area contributed by atoms with Crippen LogP contribution >= 0.6 is 23.2 Å². The Kier molecular flexibility index (Phi) is 4.20. The Morgan fingerprint density at radius 3 is 2.52 bits per heavy atom. The molecule has 0 saturated carbocycles. The number of nitrogens with two attached hydrogens (primary N) is 1. The Hall–Kier alpha value is -1.48. The molecule has 0 atom stereocenters. The third-order valence-corrected chi connectivity index (χ3v) is 4.52. The standard InChI is InChI=1S/C17H16Cl2N2/c18-15-6-2-5-14(16(15)19)11-21-10-8-13-4-1-3-12(7-9-20)17(13)21/h1-6,8,10H,7,9,11,20H2. The van der Waals surface area contributed by atoms with Crippen LogP contribution in [0.3, 0.4) is 0 Å². The molecule has 0 saturated heterocycles. The SMILES string of the molecule is NCCc1cccc2ccn(Cc3cccc(Cl)c3Cl)c12. The van der Waals surface area contributed by atoms with Gasteiger partial charge in [-0.3, -0.25) is 0 Å². The van der Waals surface area contributed by atoms with E-state index in [2.05, 4.69) is 35.0 Å². The third kappa shape index (κ3) is 2.80. The smallest absolute Gasteiger partial charge is 0.0642 e. The Morgan fingerprint density at radius 1 is 0.952 bits per heavy atom. The van der Waals surface area contributed by atoms with Gasteiger partial charge in [-0.2, -0.15) is 0 Å². The number of rotatable bonds is 4. The largest absolute Gasteiger partial charge is 0.343 e. The van der Waals surface area contributed by atoms with Crippen molar-refractivity contribution in [3.8, 4) is 0 Å². The van der Waals surface area contributed by atoms with Crippen molar-refractivity contribution in [2.75, 3.05) is 6.54 Å². The van der Waals surface area contributed by atoms with E-state index in [4.69, 9.17) is 28.9 Å². The van der Waals surface area contributed by atoms with Crippen LogP contribution in [0, 0.1) is 0 Å². The fourth-order valence-electron chi connectivity index (χ4n) is 2.68. The molecule has 4 heteroatoms. The summed E-state index contributed by atoms with van der Waals surface area (Å²) in [4.78, 5) is 0. The molecule has 1 aromatic heterocycles. The minimum atomic E-state index is 0.591. The highest BCUT2D eigenvalue weighted by Crippen LogP contribution is 2.28. The lowest BCUT2D eigenvalue weighted by Crippen LogP contribution is -2.06. The van der Waals surface area contributed by atoms with Crippen LogP contribution < -0.4 is 5.73 Å². The van der Waals surface area contributed by atoms with Crippen molar-refractivity contribution in [3.63, 3.8) is 0 Å². The molecule has 2 aromatic carbocycles. The maximum absolute atomic E-state index is 6.30. The van der Waals surface area contributed by atoms with Gasteiger partial charge in [-0.15, -0.1) is 0 Å². The van der Waals surface area contributed by atoms with Crippen LogP contribution in [-0.2, 0) is 13.0 Å². The van der Waals surface area contributed by atoms with Crippen molar-refractivity contribution in [3.05, 3.63) is 69.8 Å². The minimum absolute atomic E-state index is 0.591. The van der Waals surface area contributed by atoms with Gasteiger partial charge in [0.1, 0.15) is 0 Å². The van der Waals surface area contributed by atoms with Crippen molar-refractivity contribution in [1.29, 1.82) is 0 Å². The second-order valence-corrected chi connectivity index (χ2v) is 5.84. The molecule has 0 aliphatic rings. The Balaban J connectivity index is 2.06. The van der Waals surface area contributed by atoms with Crippen molar-refractivity contribution in [1.82, 2.24) is 4.57 Å². The Bertz CT molecular complexity index is 778. The summed E-state index contributed by atoms with van der Waals surface area (Å²) in [6, 6.07) is 14.2. The van der Waals surface area contributed by atoms with Crippen LogP contribution in [0.1, 0.15) is 11.1 Å². The molecule has 0 aliphatic carbocycles. The number of aromatic nitrogens is 1. The lowest BCUT2D eigenvalue weighted by molar-refractivity contribution is 0.828. The monoisotopic (exact) mass is 318 g/mol. The van der Waals surface area contributed by atoms with Crippen LogP contribution in [0.25, 0.3) is 10.9 Å². The minimum Gasteiger partial charge on any atom is -0.343 e. The van der Waals surface area contributed by atoms with Gasteiger partial charge in [-0.1, -0.05) is 53.5 Å². The average molecular weight is 319 g/mol. The molecular formula is C17H16Cl2N2. The molecule has 21 heavy (non-hydrogen) atoms. The number of para-hydroxylation sites is 1. The van der Waals surface area contributed by atoms with E-state index in [0.717, 1.165) is 12.0 Å². The van der Waals surface area contributed by atoms with Gasteiger partial charge < -0.3 is 10.3 Å². The van der Waals surface area contributed by atoms with E-state index in [1.165, 1.54) is 16.5 Å². The molecule has 3 rings (SSSR count). The highest BCUT2D eigenvalue weighted by atomic mass is 35.5. The van der Waals surface area contributed by atoms with Crippen molar-refractivity contribution < 1.29 is 0 Å². The van der Waals surface area contributed by atoms with E-state index >= 15 is 0 Å². The van der Waals surface area contributed by atoms with Gasteiger partial charge >= 0.3 is 0 Å². The summed E-state index contributed by atoms with van der Waals surface area (Å²) in [5.74, 6) is 0. The van der Waals surface area contributed by atoms with Crippen LogP contribution in [0.4, 0.5) is 0 Å². The highest BCUT2D eigenvalue weighted by molar-refractivity contribution is 6.42. The Morgan fingerprint density at radius 2 is 1.71 bits per heavy atom. The first-order chi connectivity index (χ1) is 10.2. The number of hydrogen-bond donors (Lipinski definition) is 1. The van der Waals surface area contributed by atoms with Crippen LogP contribution in [0.5, 0.6) is 0 Å². The fraction of sp³-hybridized carbons (Fsp3) is 0.176. The molecule has 0 fully saturated rings. The van der Waals surface area contributed by atoms with Gasteiger partial charge in [0, 0.05) is 12.7 Å². The summed E-state index contributed by atoms with van der Waals surface area (Å²) in [5.41, 5.74) is 9.22. The van der Waals surface area contributed by atoms with E-state index < -0.39 is 0 Å². The molecule has 0 aliphatic heterocycles. The van der Waals surface area contributed by atoms with Gasteiger partial charge in [0.2, 0.25) is 0 Å². The summed E-state index contributed by atoms with van der Waals surface area (Å²) >= 11 is 12.4. The van der Waals surface area contributed by atoms with E-state index in [1.807, 2.05) is 12.1 Å². The van der Waals surface area contributed by atoms with Crippen molar-refractivity contribution in [2.24, 2.45) is 5.73 Å². The first-order valence-electron chi connectivity index (χ1n) is 6.90. The summed E-state index contributed by atoms with van der Waals surface area (Å²) < 4.78 is 2.21. The molecule has 108 valence electrons. The van der Waals surface area contributed by atoms with Gasteiger partial charge in [-0.05, 0) is 41.6 Å². The number of nitrogens with zero attached hydrogens (tertiary/aromatic N) is 1. The van der Waals surface area contributed by atoms with E-state index in [9.17, 15) is 0 Å². The normalized spacial score (nSPS) is 11.2. The van der Waals surface area contributed by atoms with Gasteiger partial charge in [0.05, 0.1) is 15.6 Å². The Labute approximate surface area is 134 Å². The topological polar surface area (TPSA) is 30.9 Å². The summed E-state index contributed by atoms with van der Waals surface area (Å²) in [7, 11) is 0. The molecule has 0 unspecified atom stereocenters. The fourth-order valence-corrected chi connectivity index (χ4v) is 3.06. The van der Waals surface area contributed by atoms with Gasteiger partial charge in [-0.25, -0.2) is 0 Å². The molecule has 2 nitrogen and oxygen atoms in total. The number of halogens is 2. The molecule has 1 heterocycles. The zero-order valence-corrected chi connectivity index (χ0v) is 13.0. The van der Waals surface area contributed by atoms with E-state index in [0.29, 0.717) is 23.1 Å². The quantitative estimate of drug-likeness (QED) is 0.754. The predicted molar refractivity (Wildman–Crippen MR) is 90.3 cm³/mol. The van der Waals surface area contributed by atoms with E-state index in [1.54, 1.807) is 6.07 Å². The van der Waals surface area contributed by atoms with Crippen LogP contribution in [0.2, 0.25) is 10.0 Å². The first kappa shape index (κ1) is 14.5. The summed E-state index contributed by atoms with van der Waals surface area (Å²) in [6.45, 7) is 1.34. The lowest BCUT2D eigenvalue weighted by Gasteiger charge is -2.11. The van der Waals surface area contributed by atoms with Crippen molar-refractivity contribution >= 4 is 34.1 Å². The number of benzene rings is 2. The number of fused-ring (bicyclic) bond motifs is 1. The second-order valence-electron chi connectivity index (χ2n) is 5.05. The summed E-state index contributed by atoms with van der Waals surface area (Å²) in [6.07, 6.45) is 2.95. The second kappa shape index (κ2) is 6.10. The molecule has 0 spiro atoms. The lowest BCUT2D eigenvalue weighted by atomic mass is 10.1. The zero-order chi connectivity index (χ0) is 14.8. The van der Waals surface area contributed by atoms with Crippen LogP contribution in [0.15, 0.2) is 48.7 Å². The maximum atomic E-state index is 6.30. The van der Waals surface area contributed by atoms with Crippen molar-refractivity contribution in [2.45, 2.75) is 13.0 Å². The predicted octanol–water partition coefficient (Wildman–Crippen LogP) is 4.50. The van der Waals surface area contributed by atoms with Crippen LogP contribution in [-0.4, -0.2) is 11.1 Å².